The van der Waals surface area contributed by atoms with Crippen molar-refractivity contribution in [3.8, 4) is 34.1 Å². The minimum atomic E-state index is -0.511. The van der Waals surface area contributed by atoms with Crippen molar-refractivity contribution in [1.82, 2.24) is 5.16 Å². The predicted molar refractivity (Wildman–Crippen MR) is 107 cm³/mol. The van der Waals surface area contributed by atoms with Crippen LogP contribution in [0.3, 0.4) is 0 Å². The quantitative estimate of drug-likeness (QED) is 0.337. The second kappa shape index (κ2) is 8.97. The number of carbonyl (C=O) groups is 1. The van der Waals surface area contributed by atoms with Gasteiger partial charge >= 0.3 is 5.97 Å². The van der Waals surface area contributed by atoms with E-state index in [1.54, 1.807) is 38.5 Å². The van der Waals surface area contributed by atoms with Crippen LogP contribution in [0.4, 0.5) is 0 Å². The van der Waals surface area contributed by atoms with Crippen molar-refractivity contribution < 1.29 is 28.3 Å². The summed E-state index contributed by atoms with van der Waals surface area (Å²) >= 11 is 0. The zero-order chi connectivity index (χ0) is 20.8. The number of benzene rings is 2. The Labute approximate surface area is 168 Å². The number of ether oxygens (including phenoxy) is 4. The summed E-state index contributed by atoms with van der Waals surface area (Å²) in [7, 11) is 5.93. The van der Waals surface area contributed by atoms with Gasteiger partial charge in [0.1, 0.15) is 11.3 Å². The lowest BCUT2D eigenvalue weighted by Crippen LogP contribution is -2.05. The summed E-state index contributed by atoms with van der Waals surface area (Å²) in [5.74, 6) is 1.24. The summed E-state index contributed by atoms with van der Waals surface area (Å²) in [5, 5.41) is 4.18. The highest BCUT2D eigenvalue weighted by Crippen LogP contribution is 2.35. The van der Waals surface area contributed by atoms with Gasteiger partial charge in [0, 0.05) is 22.8 Å². The molecule has 0 aliphatic carbocycles. The molecule has 1 heterocycles. The van der Waals surface area contributed by atoms with Crippen LogP contribution in [0, 0.1) is 0 Å². The van der Waals surface area contributed by atoms with E-state index in [-0.39, 0.29) is 5.57 Å². The zero-order valence-corrected chi connectivity index (χ0v) is 16.6. The maximum Gasteiger partial charge on any atom is 0.341 e. The van der Waals surface area contributed by atoms with Crippen molar-refractivity contribution in [2.75, 3.05) is 28.4 Å². The first-order chi connectivity index (χ1) is 14.1. The topological polar surface area (TPSA) is 80.0 Å². The molecule has 3 aromatic rings. The van der Waals surface area contributed by atoms with Crippen LogP contribution in [0.25, 0.3) is 28.2 Å². The molecule has 0 unspecified atom stereocenters. The van der Waals surface area contributed by atoms with E-state index in [4.69, 9.17) is 23.5 Å². The summed E-state index contributed by atoms with van der Waals surface area (Å²) < 4.78 is 26.1. The highest BCUT2D eigenvalue weighted by atomic mass is 16.5. The highest BCUT2D eigenvalue weighted by Gasteiger charge is 2.20. The molecule has 7 heteroatoms. The Balaban J connectivity index is 2.04. The molecule has 3 rings (SSSR count). The number of aromatic nitrogens is 1. The molecule has 0 N–H and O–H groups in total. The van der Waals surface area contributed by atoms with E-state index in [0.29, 0.717) is 34.1 Å². The number of rotatable bonds is 7. The first-order valence-electron chi connectivity index (χ1n) is 8.73. The van der Waals surface area contributed by atoms with Crippen molar-refractivity contribution in [3.63, 3.8) is 0 Å². The molecule has 2 aromatic carbocycles. The fourth-order valence-electron chi connectivity index (χ4n) is 2.92. The van der Waals surface area contributed by atoms with Crippen molar-refractivity contribution in [1.29, 1.82) is 0 Å². The van der Waals surface area contributed by atoms with Gasteiger partial charge in [0.05, 0.1) is 34.7 Å². The SMILES string of the molecule is COC=C(C(=O)OC)c1ccccc1-c1cc(-c2ccc(OC)c(OC)c2)on1. The van der Waals surface area contributed by atoms with E-state index in [9.17, 15) is 4.79 Å². The van der Waals surface area contributed by atoms with Gasteiger partial charge < -0.3 is 23.5 Å². The number of hydrogen-bond acceptors (Lipinski definition) is 7. The van der Waals surface area contributed by atoms with Crippen LogP contribution in [0.2, 0.25) is 0 Å². The average Bonchev–Trinajstić information content (AvgIpc) is 3.26. The third-order valence-electron chi connectivity index (χ3n) is 4.31. The first kappa shape index (κ1) is 20.0. The highest BCUT2D eigenvalue weighted by molar-refractivity contribution is 6.17. The van der Waals surface area contributed by atoms with E-state index < -0.39 is 5.97 Å². The zero-order valence-electron chi connectivity index (χ0n) is 16.6. The second-order valence-electron chi connectivity index (χ2n) is 5.95. The molecule has 0 saturated carbocycles. The maximum atomic E-state index is 12.2. The van der Waals surface area contributed by atoms with Gasteiger partial charge in [-0.2, -0.15) is 0 Å². The van der Waals surface area contributed by atoms with Crippen LogP contribution in [0.1, 0.15) is 5.56 Å². The lowest BCUT2D eigenvalue weighted by molar-refractivity contribution is -0.133. The maximum absolute atomic E-state index is 12.2. The molecular weight excluding hydrogens is 374 g/mol. The third-order valence-corrected chi connectivity index (χ3v) is 4.31. The van der Waals surface area contributed by atoms with E-state index in [0.717, 1.165) is 5.56 Å². The molecule has 29 heavy (non-hydrogen) atoms. The smallest absolute Gasteiger partial charge is 0.341 e. The van der Waals surface area contributed by atoms with Gasteiger partial charge in [0.15, 0.2) is 17.3 Å². The normalized spacial score (nSPS) is 11.1. The average molecular weight is 395 g/mol. The summed E-state index contributed by atoms with van der Waals surface area (Å²) in [6.07, 6.45) is 1.35. The Kier molecular flexibility index (Phi) is 6.19. The fraction of sp³-hybridized carbons (Fsp3) is 0.182. The van der Waals surface area contributed by atoms with E-state index >= 15 is 0 Å². The summed E-state index contributed by atoms with van der Waals surface area (Å²) in [4.78, 5) is 12.2. The van der Waals surface area contributed by atoms with Crippen LogP contribution < -0.4 is 9.47 Å². The summed E-state index contributed by atoms with van der Waals surface area (Å²) in [5.41, 5.74) is 2.95. The van der Waals surface area contributed by atoms with Gasteiger partial charge in [0.25, 0.3) is 0 Å². The van der Waals surface area contributed by atoms with Gasteiger partial charge in [-0.25, -0.2) is 4.79 Å². The Bertz CT molecular complexity index is 1040. The van der Waals surface area contributed by atoms with Crippen LogP contribution in [-0.2, 0) is 14.3 Å². The number of hydrogen-bond donors (Lipinski definition) is 0. The Morgan fingerprint density at radius 3 is 2.41 bits per heavy atom. The number of nitrogens with zero attached hydrogens (tertiary/aromatic N) is 1. The fourth-order valence-corrected chi connectivity index (χ4v) is 2.92. The number of carbonyl (C=O) groups excluding carboxylic acids is 1. The second-order valence-corrected chi connectivity index (χ2v) is 5.95. The molecule has 0 aliphatic rings. The minimum Gasteiger partial charge on any atom is -0.503 e. The standard InChI is InChI=1S/C22H21NO6/c1-25-13-17(22(24)28-4)15-7-5-6-8-16(15)18-12-20(29-23-18)14-9-10-19(26-2)21(11-14)27-3/h5-13H,1-4H3. The van der Waals surface area contributed by atoms with E-state index in [2.05, 4.69) is 5.16 Å². The largest absolute Gasteiger partial charge is 0.503 e. The van der Waals surface area contributed by atoms with Gasteiger partial charge in [-0.1, -0.05) is 29.4 Å². The molecule has 0 amide bonds. The van der Waals surface area contributed by atoms with Crippen LogP contribution >= 0.6 is 0 Å². The molecule has 7 nitrogen and oxygen atoms in total. The molecule has 0 aliphatic heterocycles. The van der Waals surface area contributed by atoms with Crippen LogP contribution in [-0.4, -0.2) is 39.6 Å². The molecule has 0 saturated heterocycles. The molecule has 0 bridgehead atoms. The van der Waals surface area contributed by atoms with Gasteiger partial charge in [-0.3, -0.25) is 0 Å². The lowest BCUT2D eigenvalue weighted by Gasteiger charge is -2.09. The van der Waals surface area contributed by atoms with Crippen molar-refractivity contribution in [2.24, 2.45) is 0 Å². The van der Waals surface area contributed by atoms with E-state index in [1.807, 2.05) is 24.3 Å². The molecule has 0 fully saturated rings. The molecule has 1 aromatic heterocycles. The predicted octanol–water partition coefficient (Wildman–Crippen LogP) is 4.19. The summed E-state index contributed by atoms with van der Waals surface area (Å²) in [6.45, 7) is 0. The third kappa shape index (κ3) is 4.08. The molecule has 0 atom stereocenters. The monoisotopic (exact) mass is 395 g/mol. The van der Waals surface area contributed by atoms with Gasteiger partial charge in [-0.15, -0.1) is 0 Å². The Morgan fingerprint density at radius 1 is 0.966 bits per heavy atom. The number of esters is 1. The minimum absolute atomic E-state index is 0.279. The molecule has 150 valence electrons. The van der Waals surface area contributed by atoms with Gasteiger partial charge in [-0.05, 0) is 18.2 Å². The van der Waals surface area contributed by atoms with Crippen LogP contribution in [0.15, 0.2) is 59.3 Å². The molecule has 0 spiro atoms. The van der Waals surface area contributed by atoms with Gasteiger partial charge in [0.2, 0.25) is 0 Å². The lowest BCUT2D eigenvalue weighted by atomic mass is 9.98. The number of methoxy groups -OCH3 is 4. The van der Waals surface area contributed by atoms with Crippen molar-refractivity contribution in [2.45, 2.75) is 0 Å². The first-order valence-corrected chi connectivity index (χ1v) is 8.73. The van der Waals surface area contributed by atoms with Crippen LogP contribution in [0.5, 0.6) is 11.5 Å². The molecular formula is C22H21NO6. The molecule has 0 radical (unpaired) electrons. The van der Waals surface area contributed by atoms with E-state index in [1.165, 1.54) is 20.5 Å². The Hall–Kier alpha value is -3.74. The Morgan fingerprint density at radius 2 is 1.72 bits per heavy atom. The summed E-state index contributed by atoms with van der Waals surface area (Å²) in [6, 6.07) is 14.6. The van der Waals surface area contributed by atoms with Crippen molar-refractivity contribution >= 4 is 11.5 Å². The van der Waals surface area contributed by atoms with Crippen molar-refractivity contribution in [3.05, 3.63) is 60.4 Å².